The molecule has 0 aromatic heterocycles. The molecule has 2 nitrogen and oxygen atoms in total. The Morgan fingerprint density at radius 1 is 0.549 bits per heavy atom. The van der Waals surface area contributed by atoms with Crippen molar-refractivity contribution in [1.82, 2.24) is 0 Å². The van der Waals surface area contributed by atoms with Gasteiger partial charge < -0.3 is 32.1 Å². The molecule has 0 unspecified atom stereocenters. The van der Waals surface area contributed by atoms with Crippen molar-refractivity contribution in [2.75, 3.05) is 12.3 Å². The number of hydrogen-bond donors (Lipinski definition) is 1. The number of carboxylic acid groups (broad SMARTS) is 1. The van der Waals surface area contributed by atoms with E-state index >= 15 is 0 Å². The van der Waals surface area contributed by atoms with E-state index in [2.05, 4.69) is 121 Å². The van der Waals surface area contributed by atoms with E-state index in [1.165, 1.54) is 38.0 Å². The maximum absolute atomic E-state index is 10.5. The molecule has 0 radical (unpaired) electrons. The Kier molecular flexibility index (Phi) is 18.4. The van der Waals surface area contributed by atoms with E-state index < -0.39 is 27.7 Å². The third-order valence-corrected chi connectivity index (χ3v) is 18.6. The fourth-order valence-electron chi connectivity index (χ4n) is 8.07. The molecule has 5 aromatic carbocycles. The first-order chi connectivity index (χ1) is 23.6. The molecule has 0 bridgehead atoms. The van der Waals surface area contributed by atoms with Gasteiger partial charge in [0.15, 0.2) is 0 Å². The fourth-order valence-corrected chi connectivity index (χ4v) is 17.4. The molecule has 7 rings (SSSR count). The molecule has 7 heteroatoms. The molecular weight excluding hydrogens is 745 g/mol. The summed E-state index contributed by atoms with van der Waals surface area (Å²) in [5, 5.41) is 8.61. The van der Waals surface area contributed by atoms with Crippen molar-refractivity contribution in [3.63, 3.8) is 0 Å². The molecule has 0 aliphatic carbocycles. The van der Waals surface area contributed by atoms with Crippen LogP contribution >= 0.6 is 15.8 Å². The van der Waals surface area contributed by atoms with Crippen molar-refractivity contribution in [3.05, 3.63) is 186 Å². The Hall–Kier alpha value is -2.49. The van der Waals surface area contributed by atoms with Gasteiger partial charge in [-0.3, -0.25) is 4.79 Å². The molecule has 5 aromatic rings. The molecule has 2 saturated heterocycles. The molecule has 51 heavy (non-hydrogen) atoms. The van der Waals surface area contributed by atoms with Gasteiger partial charge in [0.2, 0.25) is 0 Å². The average molecular weight is 797 g/mol. The summed E-state index contributed by atoms with van der Waals surface area (Å²) in [6, 6.07) is 55.5. The van der Waals surface area contributed by atoms with Crippen LogP contribution in [0.5, 0.6) is 0 Å². The van der Waals surface area contributed by atoms with Crippen molar-refractivity contribution in [3.8, 4) is 0 Å². The quantitative estimate of drug-likeness (QED) is 0.0661. The molecule has 268 valence electrons. The van der Waals surface area contributed by atoms with Crippen LogP contribution < -0.4 is 0 Å². The van der Waals surface area contributed by atoms with E-state index in [-0.39, 0.29) is 43.8 Å². The van der Waals surface area contributed by atoms with E-state index in [0.29, 0.717) is 0 Å². The normalized spacial score (nSPS) is 20.3. The van der Waals surface area contributed by atoms with Crippen LogP contribution in [0.25, 0.3) is 0 Å². The minimum Gasteiger partial charge on any atom is -0.813 e. The zero-order chi connectivity index (χ0) is 33.1. The van der Waals surface area contributed by atoms with Crippen molar-refractivity contribution >= 4 is 48.8 Å². The summed E-state index contributed by atoms with van der Waals surface area (Å²) in [4.78, 5) is 10.5. The smallest absolute Gasteiger partial charge is 0.813 e. The maximum Gasteiger partial charge on any atom is 3.00 e. The number of carbonyl (C=O) groups is 1. The summed E-state index contributed by atoms with van der Waals surface area (Å²) in [6.07, 6.45) is 10.1. The van der Waals surface area contributed by atoms with Crippen molar-refractivity contribution in [2.45, 2.75) is 55.2 Å². The van der Waals surface area contributed by atoms with Gasteiger partial charge in [-0.2, -0.15) is 24.1 Å². The number of benzene rings is 5. The molecule has 2 aliphatic heterocycles. The van der Waals surface area contributed by atoms with Crippen molar-refractivity contribution in [2.24, 2.45) is 5.92 Å². The molecular formula is C44H51CoO2P2S2+2. The van der Waals surface area contributed by atoms with Gasteiger partial charge in [0.25, 0.3) is 5.97 Å². The van der Waals surface area contributed by atoms with Crippen LogP contribution in [0.15, 0.2) is 152 Å². The van der Waals surface area contributed by atoms with Crippen molar-refractivity contribution in [1.29, 1.82) is 0 Å². The molecule has 2 aliphatic rings. The summed E-state index contributed by atoms with van der Waals surface area (Å²) in [5.74, 6) is -1.22. The first-order valence-corrected chi connectivity index (χ1v) is 21.3. The second kappa shape index (κ2) is 21.9. The van der Waals surface area contributed by atoms with Crippen LogP contribution in [0.4, 0.5) is 0 Å². The molecule has 0 amide bonds. The van der Waals surface area contributed by atoms with Crippen molar-refractivity contribution < 1.29 is 26.7 Å². The fraction of sp³-hybridized carbons (Fsp3) is 0.273. The monoisotopic (exact) mass is 796 g/mol. The summed E-state index contributed by atoms with van der Waals surface area (Å²) >= 11 is 0. The third kappa shape index (κ3) is 11.5. The Labute approximate surface area is 332 Å². The van der Waals surface area contributed by atoms with Crippen LogP contribution in [0.3, 0.4) is 0 Å². The molecule has 2 fully saturated rings. The van der Waals surface area contributed by atoms with E-state index in [0.717, 1.165) is 28.2 Å². The number of rotatable bonds is 10. The van der Waals surface area contributed by atoms with Gasteiger partial charge in [-0.15, -0.1) is 12.1 Å². The Balaban J connectivity index is 0.000000403. The molecule has 0 saturated carbocycles. The standard InChI is InChI=1S/C34H36P2.C10H11O2.Co.2H2S/c1-5-13-27(14-6-1)31-21-22-32(28-15-7-2-8-16-28)35(31)25-26-36-33(29-17-9-3-10-18-29)23-24-34(36)30-19-11-4-12-20-30;1-8(10(11)12)7-9-5-3-2-4-6-9;;;/h1-20,31-34H,21-26H2;2-8H,1H3,(H,11,12);;2*1H2/q;-1;+3;;/t31-,32-,33-,34-;8-;;;/m00.../s1. The zero-order valence-corrected chi connectivity index (χ0v) is 34.1. The summed E-state index contributed by atoms with van der Waals surface area (Å²) in [7, 11) is -1.13. The van der Waals surface area contributed by atoms with Gasteiger partial charge in [0.05, 0.1) is 35.0 Å². The Morgan fingerprint density at radius 2 is 0.804 bits per heavy atom. The maximum atomic E-state index is 10.5. The topological polar surface area (TPSA) is 37.3 Å². The number of carboxylic acids is 1. The number of aliphatic carboxylic acids is 1. The zero-order valence-electron chi connectivity index (χ0n) is 29.2. The summed E-state index contributed by atoms with van der Waals surface area (Å²) in [5.41, 5.74) is 10.5. The van der Waals surface area contributed by atoms with Crippen LogP contribution in [0.2, 0.25) is 0 Å². The number of thiol groups is 2. The van der Waals surface area contributed by atoms with Gasteiger partial charge in [-0.05, 0) is 47.9 Å². The van der Waals surface area contributed by atoms with Gasteiger partial charge in [-0.1, -0.05) is 134 Å². The van der Waals surface area contributed by atoms with Gasteiger partial charge >= 0.3 is 16.8 Å². The van der Waals surface area contributed by atoms with E-state index in [9.17, 15) is 4.79 Å². The van der Waals surface area contributed by atoms with E-state index in [4.69, 9.17) is 5.11 Å². The summed E-state index contributed by atoms with van der Waals surface area (Å²) in [6.45, 7) is 1.66. The minimum absolute atomic E-state index is 0. The molecule has 5 atom stereocenters. The molecule has 2 heterocycles. The van der Waals surface area contributed by atoms with Crippen LogP contribution in [-0.4, -0.2) is 23.4 Å². The predicted octanol–water partition coefficient (Wildman–Crippen LogP) is 11.4. The summed E-state index contributed by atoms with van der Waals surface area (Å²) < 4.78 is 0. The van der Waals surface area contributed by atoms with Gasteiger partial charge in [0, 0.05) is 21.8 Å². The second-order valence-corrected chi connectivity index (χ2v) is 19.4. The largest absolute Gasteiger partial charge is 3.00 e. The van der Waals surface area contributed by atoms with E-state index in [1.54, 1.807) is 35.6 Å². The van der Waals surface area contributed by atoms with Gasteiger partial charge in [-0.25, -0.2) is 0 Å². The predicted molar refractivity (Wildman–Crippen MR) is 226 cm³/mol. The Morgan fingerprint density at radius 3 is 1.06 bits per heavy atom. The second-order valence-electron chi connectivity index (χ2n) is 13.4. The van der Waals surface area contributed by atoms with Crippen LogP contribution in [0.1, 0.15) is 83.1 Å². The minimum atomic E-state index is -0.793. The van der Waals surface area contributed by atoms with Crippen LogP contribution in [0, 0.1) is 12.3 Å². The Bertz CT molecular complexity index is 1490. The third-order valence-electron chi connectivity index (χ3n) is 10.4. The SMILES string of the molecule is C[C@@H]([CH-]c1ccccc1)C(=O)O.[Co+3].[SH-].[SH-].c1ccc([C@@H]2CC[C@@H](c3ccccc3)[PH+]2CC[PH+]2[C@H](c3ccccc3)CC[C@H]2c2ccccc2)cc1. The van der Waals surface area contributed by atoms with Gasteiger partial charge in [0.1, 0.15) is 0 Å². The van der Waals surface area contributed by atoms with Crippen LogP contribution in [-0.2, 0) is 48.6 Å². The first kappa shape index (κ1) is 42.9. The molecule has 0 spiro atoms. The average Bonchev–Trinajstić information content (AvgIpc) is 3.77. The van der Waals surface area contributed by atoms with E-state index in [1.807, 2.05) is 30.3 Å². The molecule has 1 N–H and O–H groups in total. The number of hydrogen-bond acceptors (Lipinski definition) is 3. The first-order valence-electron chi connectivity index (χ1n) is 17.6.